The second kappa shape index (κ2) is 9.37. The van der Waals surface area contributed by atoms with Crippen LogP contribution in [0.1, 0.15) is 59.8 Å². The van der Waals surface area contributed by atoms with Crippen molar-refractivity contribution >= 4 is 17.8 Å². The Hall–Kier alpha value is -1.59. The van der Waals surface area contributed by atoms with Crippen molar-refractivity contribution in [3.8, 4) is 0 Å². The molecule has 0 heterocycles. The van der Waals surface area contributed by atoms with Crippen molar-refractivity contribution in [1.29, 1.82) is 0 Å². The number of carboxylic acid groups (broad SMARTS) is 1. The third kappa shape index (κ3) is 9.05. The quantitative estimate of drug-likeness (QED) is 0.644. The van der Waals surface area contributed by atoms with Gasteiger partial charge in [-0.3, -0.25) is 14.4 Å². The van der Waals surface area contributed by atoms with Gasteiger partial charge in [0.15, 0.2) is 0 Å². The van der Waals surface area contributed by atoms with E-state index in [0.717, 1.165) is 0 Å². The number of hydrogen-bond acceptors (Lipinski definition) is 3. The predicted molar refractivity (Wildman–Crippen MR) is 80.9 cm³/mol. The van der Waals surface area contributed by atoms with E-state index in [1.54, 1.807) is 18.7 Å². The fraction of sp³-hybridized carbons (Fsp3) is 0.800. The van der Waals surface area contributed by atoms with Gasteiger partial charge in [-0.05, 0) is 40.5 Å². The zero-order valence-corrected chi connectivity index (χ0v) is 13.6. The first-order valence-corrected chi connectivity index (χ1v) is 7.52. The van der Waals surface area contributed by atoms with Crippen LogP contribution < -0.4 is 5.32 Å². The number of hydrogen-bond donors (Lipinski definition) is 2. The fourth-order valence-electron chi connectivity index (χ4n) is 2.06. The average molecular weight is 300 g/mol. The maximum Gasteiger partial charge on any atom is 0.303 e. The highest BCUT2D eigenvalue weighted by atomic mass is 16.4. The van der Waals surface area contributed by atoms with Crippen LogP contribution in [0.4, 0.5) is 0 Å². The minimum Gasteiger partial charge on any atom is -0.481 e. The predicted octanol–water partition coefficient (Wildman–Crippen LogP) is 1.78. The molecule has 0 aromatic carbocycles. The lowest BCUT2D eigenvalue weighted by molar-refractivity contribution is -0.138. The molecule has 0 aliphatic heterocycles. The molecule has 0 aliphatic rings. The summed E-state index contributed by atoms with van der Waals surface area (Å²) in [4.78, 5) is 35.9. The molecule has 0 atom stereocenters. The van der Waals surface area contributed by atoms with Crippen LogP contribution in [-0.2, 0) is 14.4 Å². The second-order valence-corrected chi connectivity index (χ2v) is 5.75. The van der Waals surface area contributed by atoms with Crippen molar-refractivity contribution in [2.45, 2.75) is 65.3 Å². The minimum absolute atomic E-state index is 0.0216. The van der Waals surface area contributed by atoms with Crippen molar-refractivity contribution in [2.75, 3.05) is 13.1 Å². The van der Waals surface area contributed by atoms with Crippen LogP contribution in [0, 0.1) is 0 Å². The molecule has 0 spiro atoms. The molecule has 0 aromatic rings. The van der Waals surface area contributed by atoms with Gasteiger partial charge in [0.1, 0.15) is 0 Å². The highest BCUT2D eigenvalue weighted by Gasteiger charge is 2.21. The summed E-state index contributed by atoms with van der Waals surface area (Å²) in [7, 11) is 0. The van der Waals surface area contributed by atoms with Crippen molar-refractivity contribution < 1.29 is 19.5 Å². The van der Waals surface area contributed by atoms with E-state index in [-0.39, 0.29) is 24.7 Å². The summed E-state index contributed by atoms with van der Waals surface area (Å²) in [5, 5.41) is 11.5. The number of rotatable bonds is 10. The van der Waals surface area contributed by atoms with Gasteiger partial charge in [0, 0.05) is 37.9 Å². The van der Waals surface area contributed by atoms with E-state index < -0.39 is 11.5 Å². The molecular formula is C15H28N2O4. The van der Waals surface area contributed by atoms with Gasteiger partial charge in [0.05, 0.1) is 0 Å². The van der Waals surface area contributed by atoms with Gasteiger partial charge in [-0.25, -0.2) is 0 Å². The van der Waals surface area contributed by atoms with E-state index in [4.69, 9.17) is 5.11 Å². The molecule has 0 rings (SSSR count). The van der Waals surface area contributed by atoms with E-state index >= 15 is 0 Å². The molecule has 6 heteroatoms. The lowest BCUT2D eigenvalue weighted by atomic mass is 9.98. The number of amides is 2. The van der Waals surface area contributed by atoms with Gasteiger partial charge >= 0.3 is 5.97 Å². The topological polar surface area (TPSA) is 86.7 Å². The van der Waals surface area contributed by atoms with E-state index in [0.29, 0.717) is 32.4 Å². The van der Waals surface area contributed by atoms with E-state index in [1.165, 1.54) is 0 Å². The smallest absolute Gasteiger partial charge is 0.303 e. The van der Waals surface area contributed by atoms with Crippen LogP contribution in [0.5, 0.6) is 0 Å². The van der Waals surface area contributed by atoms with Gasteiger partial charge in [-0.15, -0.1) is 0 Å². The Morgan fingerprint density at radius 1 is 1.05 bits per heavy atom. The maximum atomic E-state index is 11.8. The summed E-state index contributed by atoms with van der Waals surface area (Å²) in [5.41, 5.74) is -0.543. The second-order valence-electron chi connectivity index (χ2n) is 5.75. The van der Waals surface area contributed by atoms with Gasteiger partial charge in [-0.2, -0.15) is 0 Å². The Morgan fingerprint density at radius 2 is 1.62 bits per heavy atom. The van der Waals surface area contributed by atoms with Gasteiger partial charge in [0.2, 0.25) is 11.8 Å². The molecule has 0 saturated heterocycles. The maximum absolute atomic E-state index is 11.8. The van der Waals surface area contributed by atoms with Crippen molar-refractivity contribution in [3.05, 3.63) is 0 Å². The molecule has 0 unspecified atom stereocenters. The first kappa shape index (κ1) is 19.4. The van der Waals surface area contributed by atoms with Crippen LogP contribution in [-0.4, -0.2) is 46.4 Å². The molecule has 0 radical (unpaired) electrons. The Bertz CT molecular complexity index is 363. The van der Waals surface area contributed by atoms with Gasteiger partial charge in [0.25, 0.3) is 0 Å². The van der Waals surface area contributed by atoms with Crippen LogP contribution in [0.3, 0.4) is 0 Å². The summed E-state index contributed by atoms with van der Waals surface area (Å²) in [6, 6.07) is 0. The summed E-state index contributed by atoms with van der Waals surface area (Å²) in [6.07, 6.45) is 1.56. The molecule has 0 aliphatic carbocycles. The van der Waals surface area contributed by atoms with Crippen molar-refractivity contribution in [1.82, 2.24) is 10.2 Å². The number of carbonyl (C=O) groups is 3. The number of nitrogens with one attached hydrogen (secondary N) is 1. The Morgan fingerprint density at radius 3 is 2.10 bits per heavy atom. The van der Waals surface area contributed by atoms with Crippen LogP contribution in [0.15, 0.2) is 0 Å². The molecule has 0 saturated carbocycles. The zero-order chi connectivity index (χ0) is 16.5. The monoisotopic (exact) mass is 300 g/mol. The third-order valence-electron chi connectivity index (χ3n) is 3.35. The Kier molecular flexibility index (Phi) is 8.66. The Balaban J connectivity index is 4.04. The fourth-order valence-corrected chi connectivity index (χ4v) is 2.06. The SMILES string of the molecule is CCN(CC)C(=O)CCCC(=O)NC(C)(C)CCC(=O)O. The largest absolute Gasteiger partial charge is 0.481 e. The van der Waals surface area contributed by atoms with Crippen LogP contribution in [0.2, 0.25) is 0 Å². The van der Waals surface area contributed by atoms with E-state index in [2.05, 4.69) is 5.32 Å². The summed E-state index contributed by atoms with van der Waals surface area (Å²) in [5.74, 6) is -0.946. The standard InChI is InChI=1S/C15H28N2O4/c1-5-17(6-2)13(19)9-7-8-12(18)16-15(3,4)11-10-14(20)21/h5-11H2,1-4H3,(H,16,18)(H,20,21). The number of carboxylic acids is 1. The van der Waals surface area contributed by atoms with Crippen molar-refractivity contribution in [2.24, 2.45) is 0 Å². The molecule has 2 amide bonds. The lowest BCUT2D eigenvalue weighted by Crippen LogP contribution is -2.43. The molecular weight excluding hydrogens is 272 g/mol. The lowest BCUT2D eigenvalue weighted by Gasteiger charge is -2.25. The molecule has 0 bridgehead atoms. The molecule has 2 N–H and O–H groups in total. The highest BCUT2D eigenvalue weighted by molar-refractivity contribution is 5.79. The van der Waals surface area contributed by atoms with Crippen LogP contribution >= 0.6 is 0 Å². The molecule has 0 fully saturated rings. The van der Waals surface area contributed by atoms with E-state index in [9.17, 15) is 14.4 Å². The minimum atomic E-state index is -0.873. The van der Waals surface area contributed by atoms with Gasteiger partial charge < -0.3 is 15.3 Å². The molecule has 0 aromatic heterocycles. The van der Waals surface area contributed by atoms with Gasteiger partial charge in [-0.1, -0.05) is 0 Å². The van der Waals surface area contributed by atoms with E-state index in [1.807, 2.05) is 13.8 Å². The average Bonchev–Trinajstić information content (AvgIpc) is 2.37. The number of aliphatic carboxylic acids is 1. The van der Waals surface area contributed by atoms with Crippen LogP contribution in [0.25, 0.3) is 0 Å². The molecule has 122 valence electrons. The number of carbonyl (C=O) groups excluding carboxylic acids is 2. The zero-order valence-electron chi connectivity index (χ0n) is 13.6. The summed E-state index contributed by atoms with van der Waals surface area (Å²) < 4.78 is 0. The summed E-state index contributed by atoms with van der Waals surface area (Å²) in [6.45, 7) is 8.83. The number of nitrogens with zero attached hydrogens (tertiary/aromatic N) is 1. The Labute approximate surface area is 126 Å². The first-order valence-electron chi connectivity index (χ1n) is 7.52. The first-order chi connectivity index (χ1) is 9.71. The van der Waals surface area contributed by atoms with Crippen molar-refractivity contribution in [3.63, 3.8) is 0 Å². The molecule has 6 nitrogen and oxygen atoms in total. The summed E-state index contributed by atoms with van der Waals surface area (Å²) >= 11 is 0. The third-order valence-corrected chi connectivity index (χ3v) is 3.35. The molecule has 21 heavy (non-hydrogen) atoms. The normalized spacial score (nSPS) is 11.0. The highest BCUT2D eigenvalue weighted by Crippen LogP contribution is 2.12.